The Bertz CT molecular complexity index is 371. The number of rotatable bonds is 1. The van der Waals surface area contributed by atoms with Crippen molar-refractivity contribution < 1.29 is 9.53 Å². The van der Waals surface area contributed by atoms with Gasteiger partial charge in [-0.15, -0.1) is 0 Å². The largest absolute Gasteiger partial charge is 0.465 e. The molecule has 2 nitrogen and oxygen atoms in total. The Morgan fingerprint density at radius 1 is 1.00 bits per heavy atom. The first-order valence-corrected chi connectivity index (χ1v) is 6.89. The minimum Gasteiger partial charge on any atom is -0.465 e. The molecule has 2 aliphatic rings. The molecule has 2 heteroatoms. The van der Waals surface area contributed by atoms with Gasteiger partial charge < -0.3 is 4.74 Å². The van der Waals surface area contributed by atoms with Gasteiger partial charge in [0, 0.05) is 0 Å². The summed E-state index contributed by atoms with van der Waals surface area (Å²) in [7, 11) is 1.37. The zero-order valence-corrected chi connectivity index (χ0v) is 11.2. The lowest BCUT2D eigenvalue weighted by Gasteiger charge is -2.19. The molecule has 0 N–H and O–H groups in total. The molecule has 0 aromatic heterocycles. The molecule has 2 aliphatic carbocycles. The molecule has 0 unspecified atom stereocenters. The number of carbonyl (C=O) groups is 1. The van der Waals surface area contributed by atoms with E-state index in [9.17, 15) is 4.79 Å². The van der Waals surface area contributed by atoms with Crippen LogP contribution in [0.2, 0.25) is 0 Å². The van der Waals surface area contributed by atoms with Crippen molar-refractivity contribution >= 4 is 5.97 Å². The second-order valence-corrected chi connectivity index (χ2v) is 5.42. The molecule has 0 aliphatic heterocycles. The maximum Gasteiger partial charge on any atom is 0.337 e. The molecule has 0 bridgehead atoms. The highest BCUT2D eigenvalue weighted by Crippen LogP contribution is 2.55. The summed E-state index contributed by atoms with van der Waals surface area (Å²) in [6, 6.07) is 8.88. The van der Waals surface area contributed by atoms with Gasteiger partial charge >= 0.3 is 5.97 Å². The van der Waals surface area contributed by atoms with Crippen LogP contribution in [0, 0.1) is 5.41 Å². The Morgan fingerprint density at radius 2 is 1.61 bits per heavy atom. The van der Waals surface area contributed by atoms with Gasteiger partial charge in [-0.3, -0.25) is 0 Å². The maximum absolute atomic E-state index is 10.8. The van der Waals surface area contributed by atoms with E-state index in [0.717, 1.165) is 5.41 Å². The van der Waals surface area contributed by atoms with Crippen LogP contribution in [0.25, 0.3) is 0 Å². The van der Waals surface area contributed by atoms with Crippen molar-refractivity contribution in [3.63, 3.8) is 0 Å². The Balaban J connectivity index is 0.000000136. The van der Waals surface area contributed by atoms with Gasteiger partial charge in [0.15, 0.2) is 0 Å². The van der Waals surface area contributed by atoms with Gasteiger partial charge in [0.1, 0.15) is 0 Å². The third-order valence-corrected chi connectivity index (χ3v) is 4.07. The molecule has 0 radical (unpaired) electrons. The molecule has 2 fully saturated rings. The second-order valence-electron chi connectivity index (χ2n) is 5.42. The number of methoxy groups -OCH3 is 1. The molecule has 0 saturated heterocycles. The van der Waals surface area contributed by atoms with E-state index >= 15 is 0 Å². The number of hydrogen-bond donors (Lipinski definition) is 0. The zero-order chi connectivity index (χ0) is 12.8. The third-order valence-electron chi connectivity index (χ3n) is 4.07. The minimum absolute atomic E-state index is 0.291. The predicted octanol–water partition coefficient (Wildman–Crippen LogP) is 4.20. The van der Waals surface area contributed by atoms with Gasteiger partial charge in [-0.05, 0) is 43.2 Å². The highest BCUT2D eigenvalue weighted by molar-refractivity contribution is 5.89. The van der Waals surface area contributed by atoms with E-state index in [0.29, 0.717) is 5.56 Å². The number of hydrogen-bond acceptors (Lipinski definition) is 2. The van der Waals surface area contributed by atoms with Crippen molar-refractivity contribution in [1.82, 2.24) is 0 Å². The van der Waals surface area contributed by atoms with Gasteiger partial charge in [-0.2, -0.15) is 0 Å². The lowest BCUT2D eigenvalue weighted by atomic mass is 9.87. The smallest absolute Gasteiger partial charge is 0.337 e. The molecule has 1 aromatic rings. The molecule has 0 heterocycles. The van der Waals surface area contributed by atoms with E-state index in [-0.39, 0.29) is 5.97 Å². The van der Waals surface area contributed by atoms with Crippen LogP contribution in [0.5, 0.6) is 0 Å². The molecule has 3 rings (SSSR count). The Hall–Kier alpha value is -1.31. The third kappa shape index (κ3) is 3.59. The fourth-order valence-corrected chi connectivity index (χ4v) is 2.67. The van der Waals surface area contributed by atoms with Gasteiger partial charge in [0.05, 0.1) is 12.7 Å². The topological polar surface area (TPSA) is 26.3 Å². The van der Waals surface area contributed by atoms with Crippen molar-refractivity contribution in [3.05, 3.63) is 35.9 Å². The first-order valence-electron chi connectivity index (χ1n) is 6.89. The lowest BCUT2D eigenvalue weighted by molar-refractivity contribution is 0.0601. The number of carbonyl (C=O) groups excluding carboxylic acids is 1. The van der Waals surface area contributed by atoms with Gasteiger partial charge in [-0.25, -0.2) is 4.79 Å². The molecule has 2 saturated carbocycles. The standard InChI is InChI=1S/C8H8O2.C8H14/c1-10-8(9)7-5-3-2-4-6-7;1-2-4-8(5-3-1)6-7-8/h2-6H,1H3;1-7H2. The highest BCUT2D eigenvalue weighted by atomic mass is 16.5. The van der Waals surface area contributed by atoms with Crippen molar-refractivity contribution in [2.45, 2.75) is 44.9 Å². The predicted molar refractivity (Wildman–Crippen MR) is 72.5 cm³/mol. The Morgan fingerprint density at radius 3 is 2.06 bits per heavy atom. The molecular weight excluding hydrogens is 224 g/mol. The fourth-order valence-electron chi connectivity index (χ4n) is 2.67. The van der Waals surface area contributed by atoms with E-state index < -0.39 is 0 Å². The molecule has 1 aromatic carbocycles. The Labute approximate surface area is 109 Å². The normalized spacial score (nSPS) is 19.6. The molecule has 98 valence electrons. The number of benzene rings is 1. The van der Waals surface area contributed by atoms with Crippen LogP contribution in [0.1, 0.15) is 55.3 Å². The highest BCUT2D eigenvalue weighted by Gasteiger charge is 2.42. The lowest BCUT2D eigenvalue weighted by Crippen LogP contribution is -2.05. The summed E-state index contributed by atoms with van der Waals surface area (Å²) in [5.41, 5.74) is 1.52. The van der Waals surface area contributed by atoms with E-state index in [1.165, 1.54) is 26.4 Å². The first-order chi connectivity index (χ1) is 8.76. The van der Waals surface area contributed by atoms with E-state index in [4.69, 9.17) is 0 Å². The second kappa shape index (κ2) is 6.03. The summed E-state index contributed by atoms with van der Waals surface area (Å²) in [5.74, 6) is -0.291. The zero-order valence-electron chi connectivity index (χ0n) is 11.2. The van der Waals surface area contributed by atoms with Crippen LogP contribution >= 0.6 is 0 Å². The van der Waals surface area contributed by atoms with E-state index in [1.807, 2.05) is 6.07 Å². The van der Waals surface area contributed by atoms with Gasteiger partial charge in [0.2, 0.25) is 0 Å². The van der Waals surface area contributed by atoms with Crippen molar-refractivity contribution in [2.24, 2.45) is 5.41 Å². The van der Waals surface area contributed by atoms with Crippen LogP contribution < -0.4 is 0 Å². The average molecular weight is 246 g/mol. The number of esters is 1. The summed E-state index contributed by atoms with van der Waals surface area (Å²) < 4.78 is 4.50. The van der Waals surface area contributed by atoms with Crippen LogP contribution in [-0.2, 0) is 4.74 Å². The van der Waals surface area contributed by atoms with Gasteiger partial charge in [-0.1, -0.05) is 37.5 Å². The summed E-state index contributed by atoms with van der Waals surface area (Å²) in [6.07, 6.45) is 10.8. The molecule has 1 spiro atoms. The molecule has 0 amide bonds. The van der Waals surface area contributed by atoms with Crippen molar-refractivity contribution in [3.8, 4) is 0 Å². The maximum atomic E-state index is 10.8. The summed E-state index contributed by atoms with van der Waals surface area (Å²) >= 11 is 0. The van der Waals surface area contributed by atoms with Crippen LogP contribution in [0.15, 0.2) is 30.3 Å². The van der Waals surface area contributed by atoms with Crippen LogP contribution in [0.3, 0.4) is 0 Å². The first kappa shape index (κ1) is 13.1. The summed E-state index contributed by atoms with van der Waals surface area (Å²) in [6.45, 7) is 0. The quantitative estimate of drug-likeness (QED) is 0.694. The average Bonchev–Trinajstić information content (AvgIpc) is 3.19. The van der Waals surface area contributed by atoms with Crippen LogP contribution in [-0.4, -0.2) is 13.1 Å². The molecule has 0 atom stereocenters. The monoisotopic (exact) mass is 246 g/mol. The van der Waals surface area contributed by atoms with E-state index in [2.05, 4.69) is 4.74 Å². The number of ether oxygens (including phenoxy) is 1. The van der Waals surface area contributed by atoms with Crippen molar-refractivity contribution in [2.75, 3.05) is 7.11 Å². The van der Waals surface area contributed by atoms with Crippen molar-refractivity contribution in [1.29, 1.82) is 0 Å². The molecular formula is C16H22O2. The van der Waals surface area contributed by atoms with Gasteiger partial charge in [0.25, 0.3) is 0 Å². The molecule has 18 heavy (non-hydrogen) atoms. The Kier molecular flexibility index (Phi) is 4.40. The van der Waals surface area contributed by atoms with E-state index in [1.54, 1.807) is 49.9 Å². The fraction of sp³-hybridized carbons (Fsp3) is 0.562. The minimum atomic E-state index is -0.291. The summed E-state index contributed by atoms with van der Waals surface area (Å²) in [4.78, 5) is 10.8. The SMILES string of the molecule is C1CCC2(CC1)CC2.COC(=O)c1ccccc1. The van der Waals surface area contributed by atoms with Crippen LogP contribution in [0.4, 0.5) is 0 Å². The summed E-state index contributed by atoms with van der Waals surface area (Å²) in [5, 5.41) is 0.